The lowest BCUT2D eigenvalue weighted by molar-refractivity contribution is -0.114. The Morgan fingerprint density at radius 3 is 2.11 bits per heavy atom. The van der Waals surface area contributed by atoms with E-state index in [9.17, 15) is 13.2 Å². The van der Waals surface area contributed by atoms with E-state index in [4.69, 9.17) is 9.47 Å². The molecule has 8 heteroatoms. The quantitative estimate of drug-likeness (QED) is 0.321. The van der Waals surface area contributed by atoms with Gasteiger partial charge >= 0.3 is 0 Å². The molecule has 0 bridgehead atoms. The highest BCUT2D eigenvalue weighted by molar-refractivity contribution is 7.92. The maximum absolute atomic E-state index is 13.7. The van der Waals surface area contributed by atoms with Crippen LogP contribution in [0.15, 0.2) is 108 Å². The van der Waals surface area contributed by atoms with Gasteiger partial charge in [0.1, 0.15) is 18.0 Å². The molecule has 0 atom stereocenters. The number of para-hydroxylation sites is 5. The molecule has 184 valence electrons. The van der Waals surface area contributed by atoms with Crippen LogP contribution in [0, 0.1) is 6.92 Å². The van der Waals surface area contributed by atoms with E-state index in [1.165, 1.54) is 19.2 Å². The minimum Gasteiger partial charge on any atom is -0.495 e. The molecular weight excluding hydrogens is 476 g/mol. The van der Waals surface area contributed by atoms with Gasteiger partial charge in [-0.2, -0.15) is 0 Å². The van der Waals surface area contributed by atoms with Gasteiger partial charge in [0.2, 0.25) is 5.91 Å². The molecule has 0 aliphatic heterocycles. The molecule has 1 amide bonds. The molecule has 4 aromatic rings. The van der Waals surface area contributed by atoms with Crippen molar-refractivity contribution in [2.45, 2.75) is 11.8 Å². The van der Waals surface area contributed by atoms with Crippen LogP contribution in [0.5, 0.6) is 17.2 Å². The second kappa shape index (κ2) is 11.0. The Hall–Kier alpha value is -4.30. The van der Waals surface area contributed by atoms with E-state index in [0.717, 1.165) is 9.87 Å². The molecule has 0 aromatic heterocycles. The summed E-state index contributed by atoms with van der Waals surface area (Å²) in [5, 5.41) is 2.79. The first-order valence-corrected chi connectivity index (χ1v) is 12.7. The van der Waals surface area contributed by atoms with Crippen LogP contribution in [0.2, 0.25) is 0 Å². The molecule has 0 radical (unpaired) electrons. The minimum atomic E-state index is -4.09. The van der Waals surface area contributed by atoms with Crippen LogP contribution in [-0.4, -0.2) is 28.0 Å². The number of rotatable bonds is 9. The van der Waals surface area contributed by atoms with Crippen molar-refractivity contribution in [3.63, 3.8) is 0 Å². The number of nitrogens with zero attached hydrogens (tertiary/aromatic N) is 1. The Bertz CT molecular complexity index is 1440. The van der Waals surface area contributed by atoms with Crippen LogP contribution in [0.25, 0.3) is 0 Å². The van der Waals surface area contributed by atoms with Crippen molar-refractivity contribution < 1.29 is 22.7 Å². The number of carbonyl (C=O) groups is 1. The van der Waals surface area contributed by atoms with Gasteiger partial charge in [-0.25, -0.2) is 8.42 Å². The zero-order valence-corrected chi connectivity index (χ0v) is 20.7. The van der Waals surface area contributed by atoms with Gasteiger partial charge in [-0.05, 0) is 55.5 Å². The van der Waals surface area contributed by atoms with Crippen LogP contribution in [0.1, 0.15) is 5.56 Å². The Labute approximate surface area is 211 Å². The molecule has 4 rings (SSSR count). The Morgan fingerprint density at radius 2 is 1.42 bits per heavy atom. The summed E-state index contributed by atoms with van der Waals surface area (Å²) in [5.74, 6) is 0.827. The predicted molar refractivity (Wildman–Crippen MR) is 140 cm³/mol. The summed E-state index contributed by atoms with van der Waals surface area (Å²) in [7, 11) is -2.64. The summed E-state index contributed by atoms with van der Waals surface area (Å²) in [6.45, 7) is 1.40. The number of nitrogens with one attached hydrogen (secondary N) is 1. The molecule has 0 spiro atoms. The second-order valence-electron chi connectivity index (χ2n) is 7.96. The highest BCUT2D eigenvalue weighted by Crippen LogP contribution is 2.33. The number of aryl methyl sites for hydroxylation is 1. The van der Waals surface area contributed by atoms with Crippen LogP contribution in [0.4, 0.5) is 11.4 Å². The molecule has 36 heavy (non-hydrogen) atoms. The van der Waals surface area contributed by atoms with Gasteiger partial charge in [0.05, 0.1) is 23.4 Å². The molecule has 0 aliphatic carbocycles. The maximum Gasteiger partial charge on any atom is 0.264 e. The van der Waals surface area contributed by atoms with Gasteiger partial charge in [0.25, 0.3) is 10.0 Å². The van der Waals surface area contributed by atoms with Crippen LogP contribution in [0.3, 0.4) is 0 Å². The molecule has 1 N–H and O–H groups in total. The average Bonchev–Trinajstić information content (AvgIpc) is 2.89. The van der Waals surface area contributed by atoms with Crippen molar-refractivity contribution in [3.8, 4) is 17.2 Å². The van der Waals surface area contributed by atoms with Crippen LogP contribution in [-0.2, 0) is 14.8 Å². The topological polar surface area (TPSA) is 84.9 Å². The number of methoxy groups -OCH3 is 1. The normalized spacial score (nSPS) is 10.9. The third-order valence-electron chi connectivity index (χ3n) is 5.38. The number of sulfonamides is 1. The third-order valence-corrected chi connectivity index (χ3v) is 7.16. The Balaban J connectivity index is 1.65. The number of carbonyl (C=O) groups excluding carboxylic acids is 1. The van der Waals surface area contributed by atoms with E-state index in [0.29, 0.717) is 22.9 Å². The van der Waals surface area contributed by atoms with E-state index in [2.05, 4.69) is 5.32 Å². The second-order valence-corrected chi connectivity index (χ2v) is 9.82. The molecule has 7 nitrogen and oxygen atoms in total. The fraction of sp³-hybridized carbons (Fsp3) is 0.107. The minimum absolute atomic E-state index is 0.0691. The zero-order chi connectivity index (χ0) is 25.5. The van der Waals surface area contributed by atoms with Gasteiger partial charge in [0, 0.05) is 0 Å². The fourth-order valence-corrected chi connectivity index (χ4v) is 5.00. The highest BCUT2D eigenvalue weighted by atomic mass is 32.2. The lowest BCUT2D eigenvalue weighted by atomic mass is 10.2. The Morgan fingerprint density at radius 1 is 0.806 bits per heavy atom. The standard InChI is InChI=1S/C28H26N2O5S/c1-21-16-18-23(19-17-21)36(32,33)30(25-13-7-9-15-27(25)34-2)20-28(31)29-24-12-6-8-14-26(24)35-22-10-4-3-5-11-22/h3-19H,20H2,1-2H3,(H,29,31). The molecular formula is C28H26N2O5S. The molecule has 4 aromatic carbocycles. The lowest BCUT2D eigenvalue weighted by Crippen LogP contribution is -2.38. The third kappa shape index (κ3) is 5.67. The molecule has 0 aliphatic rings. The van der Waals surface area contributed by atoms with Crippen molar-refractivity contribution in [1.29, 1.82) is 0 Å². The number of hydrogen-bond donors (Lipinski definition) is 1. The van der Waals surface area contributed by atoms with Crippen molar-refractivity contribution in [1.82, 2.24) is 0 Å². The van der Waals surface area contributed by atoms with Gasteiger partial charge in [-0.15, -0.1) is 0 Å². The van der Waals surface area contributed by atoms with Crippen LogP contribution < -0.4 is 19.1 Å². The fourth-order valence-electron chi connectivity index (χ4n) is 3.57. The van der Waals surface area contributed by atoms with E-state index < -0.39 is 22.5 Å². The van der Waals surface area contributed by atoms with Gasteiger partial charge in [-0.3, -0.25) is 9.10 Å². The summed E-state index contributed by atoms with van der Waals surface area (Å²) in [6, 6.07) is 29.3. The zero-order valence-electron chi connectivity index (χ0n) is 19.9. The first-order chi connectivity index (χ1) is 17.4. The number of ether oxygens (including phenoxy) is 2. The van der Waals surface area contributed by atoms with Crippen molar-refractivity contribution >= 4 is 27.3 Å². The number of hydrogen-bond acceptors (Lipinski definition) is 5. The summed E-state index contributed by atoms with van der Waals surface area (Å²) in [4.78, 5) is 13.3. The summed E-state index contributed by atoms with van der Waals surface area (Å²) >= 11 is 0. The smallest absolute Gasteiger partial charge is 0.264 e. The Kier molecular flexibility index (Phi) is 7.56. The molecule has 0 saturated carbocycles. The molecule has 0 heterocycles. The predicted octanol–water partition coefficient (Wildman–Crippen LogP) is 5.63. The van der Waals surface area contributed by atoms with Gasteiger partial charge < -0.3 is 14.8 Å². The largest absolute Gasteiger partial charge is 0.495 e. The first-order valence-electron chi connectivity index (χ1n) is 11.2. The van der Waals surface area contributed by atoms with Crippen molar-refractivity contribution in [2.75, 3.05) is 23.3 Å². The lowest BCUT2D eigenvalue weighted by Gasteiger charge is -2.25. The van der Waals surface area contributed by atoms with E-state index in [1.807, 2.05) is 25.1 Å². The van der Waals surface area contributed by atoms with Gasteiger partial charge in [-0.1, -0.05) is 60.2 Å². The SMILES string of the molecule is COc1ccccc1N(CC(=O)Nc1ccccc1Oc1ccccc1)S(=O)(=O)c1ccc(C)cc1. The van der Waals surface area contributed by atoms with E-state index >= 15 is 0 Å². The van der Waals surface area contributed by atoms with Crippen LogP contribution >= 0.6 is 0 Å². The van der Waals surface area contributed by atoms with Crippen molar-refractivity contribution in [2.24, 2.45) is 0 Å². The molecule has 0 saturated heterocycles. The highest BCUT2D eigenvalue weighted by Gasteiger charge is 2.29. The van der Waals surface area contributed by atoms with Crippen molar-refractivity contribution in [3.05, 3.63) is 109 Å². The first kappa shape index (κ1) is 24.8. The van der Waals surface area contributed by atoms with Gasteiger partial charge in [0.15, 0.2) is 5.75 Å². The molecule has 0 fully saturated rings. The van der Waals surface area contributed by atoms with E-state index in [1.54, 1.807) is 72.8 Å². The summed E-state index contributed by atoms with van der Waals surface area (Å²) < 4.78 is 39.7. The number of benzene rings is 4. The summed E-state index contributed by atoms with van der Waals surface area (Å²) in [5.41, 5.74) is 1.59. The molecule has 0 unspecified atom stereocenters. The number of anilines is 2. The number of amides is 1. The summed E-state index contributed by atoms with van der Waals surface area (Å²) in [6.07, 6.45) is 0. The maximum atomic E-state index is 13.7. The van der Waals surface area contributed by atoms with E-state index in [-0.39, 0.29) is 10.6 Å². The monoisotopic (exact) mass is 502 g/mol. The average molecular weight is 503 g/mol.